The summed E-state index contributed by atoms with van der Waals surface area (Å²) >= 11 is 0. The van der Waals surface area contributed by atoms with Crippen LogP contribution in [0, 0.1) is 23.7 Å². The Labute approximate surface area is 247 Å². The Kier molecular flexibility index (Phi) is 8.86. The second-order valence-corrected chi connectivity index (χ2v) is 25.4. The normalized spacial score (nSPS) is 30.2. The molecule has 0 aromatic carbocycles. The van der Waals surface area contributed by atoms with Gasteiger partial charge in [-0.25, -0.2) is 0 Å². The van der Waals surface area contributed by atoms with E-state index in [0.717, 1.165) is 18.6 Å². The largest absolute Gasteiger partial charge is 0.376 e. The van der Waals surface area contributed by atoms with Gasteiger partial charge in [0.05, 0.1) is 13.7 Å². The van der Waals surface area contributed by atoms with Gasteiger partial charge in [0, 0.05) is 14.7 Å². The molecular weight excluding hydrogens is 517 g/mol. The average Bonchev–Trinajstić information content (AvgIpc) is 3.43. The van der Waals surface area contributed by atoms with E-state index in [1.165, 1.54) is 37.8 Å². The Morgan fingerprint density at radius 2 is 1.40 bits per heavy atom. The molecule has 5 aliphatic carbocycles. The number of ether oxygens (including phenoxy) is 1. The molecule has 0 spiro atoms. The summed E-state index contributed by atoms with van der Waals surface area (Å²) in [5.41, 5.74) is 5.58. The topological polar surface area (TPSA) is 9.23 Å². The number of hydrogen-bond donors (Lipinski definition) is 0. The molecule has 5 rings (SSSR count). The van der Waals surface area contributed by atoms with E-state index in [1.54, 1.807) is 21.9 Å². The fourth-order valence-corrected chi connectivity index (χ4v) is 15.4. The third kappa shape index (κ3) is 6.37. The van der Waals surface area contributed by atoms with Crippen LogP contribution in [0.4, 0.5) is 0 Å². The van der Waals surface area contributed by atoms with E-state index in [4.69, 9.17) is 4.74 Å². The lowest BCUT2D eigenvalue weighted by Gasteiger charge is -2.42. The van der Waals surface area contributed by atoms with Crippen molar-refractivity contribution >= 4 is 16.1 Å². The van der Waals surface area contributed by atoms with Gasteiger partial charge < -0.3 is 4.74 Å². The zero-order chi connectivity index (χ0) is 28.5. The summed E-state index contributed by atoms with van der Waals surface area (Å²) in [6.07, 6.45) is 36.1. The third-order valence-electron chi connectivity index (χ3n) is 9.90. The van der Waals surface area contributed by atoms with Gasteiger partial charge in [-0.3, -0.25) is 0 Å². The number of fused-ring (bicyclic) bond motifs is 4. The minimum absolute atomic E-state index is 0.0274. The Hall–Kier alpha value is -1.69. The van der Waals surface area contributed by atoms with E-state index >= 15 is 0 Å². The van der Waals surface area contributed by atoms with Gasteiger partial charge in [-0.1, -0.05) is 130 Å². The van der Waals surface area contributed by atoms with Crippen molar-refractivity contribution in [3.63, 3.8) is 0 Å². The van der Waals surface area contributed by atoms with Crippen LogP contribution in [0.1, 0.15) is 52.9 Å². The van der Waals surface area contributed by atoms with Crippen molar-refractivity contribution in [1.82, 2.24) is 0 Å². The summed E-state index contributed by atoms with van der Waals surface area (Å²) in [4.78, 5) is 0. The summed E-state index contributed by atoms with van der Waals surface area (Å²) in [7, 11) is -3.13. The molecular formula is C37H54OSi2. The maximum atomic E-state index is 6.02. The van der Waals surface area contributed by atoms with Gasteiger partial charge >= 0.3 is 0 Å². The van der Waals surface area contributed by atoms with Crippen molar-refractivity contribution in [3.8, 4) is 0 Å². The van der Waals surface area contributed by atoms with E-state index in [9.17, 15) is 0 Å². The predicted octanol–water partition coefficient (Wildman–Crippen LogP) is 10.5. The average molecular weight is 571 g/mol. The Morgan fingerprint density at radius 3 is 2.00 bits per heavy atom. The molecule has 3 heteroatoms. The summed E-state index contributed by atoms with van der Waals surface area (Å²) < 4.78 is 6.02. The lowest BCUT2D eigenvalue weighted by molar-refractivity contribution is -0.00471. The second kappa shape index (κ2) is 11.9. The van der Waals surface area contributed by atoms with Crippen LogP contribution in [0.3, 0.4) is 0 Å². The highest BCUT2D eigenvalue weighted by molar-refractivity contribution is 6.88. The molecule has 0 aromatic heterocycles. The van der Waals surface area contributed by atoms with Crippen LogP contribution < -0.4 is 0 Å². The minimum Gasteiger partial charge on any atom is -0.376 e. The van der Waals surface area contributed by atoms with E-state index in [-0.39, 0.29) is 5.60 Å². The molecule has 0 aromatic rings. The van der Waals surface area contributed by atoms with Gasteiger partial charge in [0.1, 0.15) is 0 Å². The van der Waals surface area contributed by atoms with Crippen LogP contribution in [0.25, 0.3) is 0 Å². The molecule has 40 heavy (non-hydrogen) atoms. The van der Waals surface area contributed by atoms with Gasteiger partial charge in [0.25, 0.3) is 0 Å². The standard InChI is InChI=1S/C37H54OSi2/c1-37(2,3)38-24-16-8-9-17-25-40(7,35-26-28(27-39(4,5)6)29-18-10-13-21-32(29)35)36-33-22-14-11-19-30(33)31-20-12-15-23-34(31)36/h10-12,14-15,18-23,26,30-31,33-34,36H,8-9,13,16-17,24-25,27H2,1-7H3. The maximum Gasteiger partial charge on any atom is 0.0887 e. The van der Waals surface area contributed by atoms with Crippen LogP contribution in [0.2, 0.25) is 43.8 Å². The molecule has 216 valence electrons. The first-order chi connectivity index (χ1) is 19.0. The molecule has 0 radical (unpaired) electrons. The van der Waals surface area contributed by atoms with E-state index in [2.05, 4.69) is 120 Å². The zero-order valence-electron chi connectivity index (χ0n) is 26.4. The maximum absolute atomic E-state index is 6.02. The minimum atomic E-state index is -1.89. The van der Waals surface area contributed by atoms with Crippen molar-refractivity contribution in [3.05, 3.63) is 94.8 Å². The van der Waals surface area contributed by atoms with Gasteiger partial charge in [-0.2, -0.15) is 0 Å². The first-order valence-corrected chi connectivity index (χ1v) is 22.6. The molecule has 0 heterocycles. The monoisotopic (exact) mass is 570 g/mol. The van der Waals surface area contributed by atoms with E-state index in [1.807, 2.05) is 0 Å². The molecule has 1 saturated carbocycles. The highest BCUT2D eigenvalue weighted by Crippen LogP contribution is 2.62. The van der Waals surface area contributed by atoms with Crippen molar-refractivity contribution in [2.75, 3.05) is 6.61 Å². The Balaban J connectivity index is 1.45. The number of allylic oxidation sites excluding steroid dienone is 16. The zero-order valence-corrected chi connectivity index (χ0v) is 28.4. The molecule has 5 aliphatic rings. The predicted molar refractivity (Wildman–Crippen MR) is 180 cm³/mol. The summed E-state index contributed by atoms with van der Waals surface area (Å²) in [5, 5.41) is 1.80. The SMILES string of the molecule is CC(C)(C)OCCCCCC[Si](C)(C1=CC(C[Si](C)(C)C)=C2C=CCC=C12)C1C2C=CC=CC2C2C=CC=CC21. The molecule has 5 atom stereocenters. The molecule has 0 amide bonds. The van der Waals surface area contributed by atoms with Crippen LogP contribution >= 0.6 is 0 Å². The lowest BCUT2D eigenvalue weighted by Crippen LogP contribution is -2.44. The summed E-state index contributed by atoms with van der Waals surface area (Å²) in [6, 6.07) is 2.69. The smallest absolute Gasteiger partial charge is 0.0887 e. The number of hydrogen-bond acceptors (Lipinski definition) is 1. The highest BCUT2D eigenvalue weighted by atomic mass is 28.3. The molecule has 0 N–H and O–H groups in total. The molecule has 1 fully saturated rings. The fraction of sp³-hybridized carbons (Fsp3) is 0.568. The van der Waals surface area contributed by atoms with Crippen molar-refractivity contribution < 1.29 is 4.74 Å². The number of unbranched alkanes of at least 4 members (excludes halogenated alkanes) is 3. The lowest BCUT2D eigenvalue weighted by atomic mass is 9.83. The van der Waals surface area contributed by atoms with E-state index in [0.29, 0.717) is 23.7 Å². The van der Waals surface area contributed by atoms with Crippen molar-refractivity contribution in [2.45, 2.75) is 102 Å². The molecule has 1 nitrogen and oxygen atoms in total. The number of rotatable bonds is 11. The van der Waals surface area contributed by atoms with Gasteiger partial charge in [0.2, 0.25) is 0 Å². The molecule has 0 bridgehead atoms. The van der Waals surface area contributed by atoms with Crippen LogP contribution in [0.15, 0.2) is 94.8 Å². The van der Waals surface area contributed by atoms with Crippen LogP contribution in [-0.4, -0.2) is 28.4 Å². The summed E-state index contributed by atoms with van der Waals surface area (Å²) in [5.74, 6) is 2.63. The first kappa shape index (κ1) is 29.8. The van der Waals surface area contributed by atoms with E-state index < -0.39 is 16.1 Å². The molecule has 0 aliphatic heterocycles. The van der Waals surface area contributed by atoms with Crippen molar-refractivity contribution in [1.29, 1.82) is 0 Å². The molecule has 0 saturated heterocycles. The van der Waals surface area contributed by atoms with Gasteiger partial charge in [-0.05, 0) is 85.6 Å². The van der Waals surface area contributed by atoms with Crippen LogP contribution in [-0.2, 0) is 4.74 Å². The molecule has 5 unspecified atom stereocenters. The van der Waals surface area contributed by atoms with Crippen LogP contribution in [0.5, 0.6) is 0 Å². The quantitative estimate of drug-likeness (QED) is 0.177. The third-order valence-corrected chi connectivity index (χ3v) is 16.6. The highest BCUT2D eigenvalue weighted by Gasteiger charge is 2.56. The van der Waals surface area contributed by atoms with Crippen molar-refractivity contribution in [2.24, 2.45) is 23.7 Å². The first-order valence-electron chi connectivity index (χ1n) is 16.1. The Morgan fingerprint density at radius 1 is 0.800 bits per heavy atom. The Bertz CT molecular complexity index is 1160. The van der Waals surface area contributed by atoms with Gasteiger partial charge in [-0.15, -0.1) is 0 Å². The fourth-order valence-electron chi connectivity index (χ4n) is 8.31. The summed E-state index contributed by atoms with van der Waals surface area (Å²) in [6.45, 7) is 17.8. The second-order valence-electron chi connectivity index (χ2n) is 15.4. The van der Waals surface area contributed by atoms with Gasteiger partial charge in [0.15, 0.2) is 0 Å².